The van der Waals surface area contributed by atoms with Crippen molar-refractivity contribution in [2.75, 3.05) is 25.9 Å². The van der Waals surface area contributed by atoms with E-state index in [1.165, 1.54) is 13.5 Å². The Balaban J connectivity index is 1.86. The minimum absolute atomic E-state index is 0.0388. The number of nitrogens with one attached hydrogen (secondary N) is 1. The van der Waals surface area contributed by atoms with E-state index in [0.717, 1.165) is 25.9 Å². The number of nitrogens with two attached hydrogens (primary N) is 1. The third-order valence-corrected chi connectivity index (χ3v) is 4.69. The molecule has 3 rings (SSSR count). The van der Waals surface area contributed by atoms with Crippen molar-refractivity contribution in [1.82, 2.24) is 10.2 Å². The van der Waals surface area contributed by atoms with Crippen LogP contribution < -0.4 is 15.8 Å². The second-order valence-electron chi connectivity index (χ2n) is 5.75. The molecule has 2 bridgehead atoms. The zero-order chi connectivity index (χ0) is 15.0. The van der Waals surface area contributed by atoms with Gasteiger partial charge in [0.2, 0.25) is 0 Å². The molecule has 2 aliphatic heterocycles. The van der Waals surface area contributed by atoms with Crippen molar-refractivity contribution in [3.8, 4) is 5.75 Å². The fraction of sp³-hybridized carbons (Fsp3) is 0.533. The van der Waals surface area contributed by atoms with E-state index in [-0.39, 0.29) is 5.91 Å². The molecule has 0 spiro atoms. The number of amides is 1. The van der Waals surface area contributed by atoms with E-state index in [4.69, 9.17) is 22.1 Å². The van der Waals surface area contributed by atoms with Crippen molar-refractivity contribution < 1.29 is 9.53 Å². The summed E-state index contributed by atoms with van der Waals surface area (Å²) < 4.78 is 5.28. The highest BCUT2D eigenvalue weighted by Gasteiger charge is 2.32. The lowest BCUT2D eigenvalue weighted by molar-refractivity contribution is 0.0745. The minimum Gasteiger partial charge on any atom is -0.496 e. The lowest BCUT2D eigenvalue weighted by Crippen LogP contribution is -2.39. The standard InChI is InChI=1S/C15H20ClN3O2/c1-21-14-7-13(17)12(16)6-11(14)15(20)19-5-4-9-2-3-10(8-19)18-9/h6-7,9-10,18H,2-5,8,17H2,1H3. The van der Waals surface area contributed by atoms with E-state index in [1.54, 1.807) is 12.1 Å². The van der Waals surface area contributed by atoms with Crippen molar-refractivity contribution in [3.63, 3.8) is 0 Å². The summed E-state index contributed by atoms with van der Waals surface area (Å²) >= 11 is 6.06. The number of fused-ring (bicyclic) bond motifs is 2. The number of nitrogen functional groups attached to an aromatic ring is 1. The number of carbonyl (C=O) groups excluding carboxylic acids is 1. The molecule has 5 nitrogen and oxygen atoms in total. The molecule has 114 valence electrons. The van der Waals surface area contributed by atoms with Crippen LogP contribution in [0.3, 0.4) is 0 Å². The number of carbonyl (C=O) groups is 1. The molecule has 2 heterocycles. The van der Waals surface area contributed by atoms with Crippen LogP contribution in [0.15, 0.2) is 12.1 Å². The van der Waals surface area contributed by atoms with Gasteiger partial charge in [-0.05, 0) is 25.3 Å². The Labute approximate surface area is 129 Å². The van der Waals surface area contributed by atoms with Gasteiger partial charge in [0.25, 0.3) is 5.91 Å². The molecule has 2 unspecified atom stereocenters. The van der Waals surface area contributed by atoms with Gasteiger partial charge in [0.05, 0.1) is 23.4 Å². The minimum atomic E-state index is -0.0388. The molecule has 2 fully saturated rings. The van der Waals surface area contributed by atoms with Gasteiger partial charge in [-0.25, -0.2) is 0 Å². The fourth-order valence-electron chi connectivity index (χ4n) is 3.20. The van der Waals surface area contributed by atoms with Gasteiger partial charge in [-0.2, -0.15) is 0 Å². The lowest BCUT2D eigenvalue weighted by atomic mass is 10.1. The summed E-state index contributed by atoms with van der Waals surface area (Å²) in [6.07, 6.45) is 3.34. The Morgan fingerprint density at radius 3 is 2.90 bits per heavy atom. The number of anilines is 1. The summed E-state index contributed by atoms with van der Waals surface area (Å²) in [4.78, 5) is 14.7. The van der Waals surface area contributed by atoms with Crippen molar-refractivity contribution in [2.24, 2.45) is 0 Å². The average Bonchev–Trinajstić information content (AvgIpc) is 2.80. The summed E-state index contributed by atoms with van der Waals surface area (Å²) in [5.74, 6) is 0.437. The van der Waals surface area contributed by atoms with Gasteiger partial charge in [-0.1, -0.05) is 11.6 Å². The van der Waals surface area contributed by atoms with Crippen molar-refractivity contribution in [1.29, 1.82) is 0 Å². The fourth-order valence-corrected chi connectivity index (χ4v) is 3.37. The maximum absolute atomic E-state index is 12.8. The van der Waals surface area contributed by atoms with E-state index in [1.807, 2.05) is 4.90 Å². The Bertz CT molecular complexity index is 564. The molecule has 6 heteroatoms. The van der Waals surface area contributed by atoms with Crippen LogP contribution in [0.2, 0.25) is 5.02 Å². The van der Waals surface area contributed by atoms with E-state index < -0.39 is 0 Å². The van der Waals surface area contributed by atoms with Gasteiger partial charge >= 0.3 is 0 Å². The Morgan fingerprint density at radius 1 is 1.38 bits per heavy atom. The molecule has 21 heavy (non-hydrogen) atoms. The Kier molecular flexibility index (Phi) is 3.95. The highest BCUT2D eigenvalue weighted by Crippen LogP contribution is 2.30. The molecular formula is C15H20ClN3O2. The number of methoxy groups -OCH3 is 1. The van der Waals surface area contributed by atoms with Crippen LogP contribution in [0.25, 0.3) is 0 Å². The zero-order valence-corrected chi connectivity index (χ0v) is 12.8. The number of nitrogens with zero attached hydrogens (tertiary/aromatic N) is 1. The number of halogens is 1. The zero-order valence-electron chi connectivity index (χ0n) is 12.1. The summed E-state index contributed by atoms with van der Waals surface area (Å²) in [7, 11) is 1.53. The van der Waals surface area contributed by atoms with Gasteiger partial charge in [-0.3, -0.25) is 4.79 Å². The second-order valence-corrected chi connectivity index (χ2v) is 6.16. The Hall–Kier alpha value is -1.46. The molecule has 2 saturated heterocycles. The summed E-state index contributed by atoms with van der Waals surface area (Å²) in [5, 5.41) is 3.95. The first-order chi connectivity index (χ1) is 10.1. The second kappa shape index (κ2) is 5.73. The van der Waals surface area contributed by atoms with Crippen LogP contribution in [-0.2, 0) is 0 Å². The summed E-state index contributed by atoms with van der Waals surface area (Å²) in [6.45, 7) is 1.50. The highest BCUT2D eigenvalue weighted by molar-refractivity contribution is 6.33. The molecule has 2 atom stereocenters. The Morgan fingerprint density at radius 2 is 2.14 bits per heavy atom. The van der Waals surface area contributed by atoms with Crippen LogP contribution in [0.5, 0.6) is 5.75 Å². The average molecular weight is 310 g/mol. The number of likely N-dealkylation sites (tertiary alicyclic amines) is 1. The van der Waals surface area contributed by atoms with Crippen molar-refractivity contribution >= 4 is 23.2 Å². The number of ether oxygens (including phenoxy) is 1. The topological polar surface area (TPSA) is 67.6 Å². The summed E-state index contributed by atoms with van der Waals surface area (Å²) in [6, 6.07) is 4.16. The predicted molar refractivity (Wildman–Crippen MR) is 82.9 cm³/mol. The summed E-state index contributed by atoms with van der Waals surface area (Å²) in [5.41, 5.74) is 6.67. The predicted octanol–water partition coefficient (Wildman–Crippen LogP) is 1.90. The van der Waals surface area contributed by atoms with Crippen LogP contribution in [-0.4, -0.2) is 43.1 Å². The number of rotatable bonds is 2. The van der Waals surface area contributed by atoms with Crippen LogP contribution in [0.1, 0.15) is 29.6 Å². The first-order valence-electron chi connectivity index (χ1n) is 7.27. The monoisotopic (exact) mass is 309 g/mol. The van der Waals surface area contributed by atoms with E-state index in [0.29, 0.717) is 34.1 Å². The molecule has 0 radical (unpaired) electrons. The third-order valence-electron chi connectivity index (χ3n) is 4.36. The molecular weight excluding hydrogens is 290 g/mol. The molecule has 0 aromatic heterocycles. The maximum Gasteiger partial charge on any atom is 0.257 e. The van der Waals surface area contributed by atoms with Gasteiger partial charge < -0.3 is 20.7 Å². The highest BCUT2D eigenvalue weighted by atomic mass is 35.5. The third kappa shape index (κ3) is 2.80. The molecule has 3 N–H and O–H groups in total. The number of hydrogen-bond donors (Lipinski definition) is 2. The van der Waals surface area contributed by atoms with Gasteiger partial charge in [0, 0.05) is 31.2 Å². The van der Waals surface area contributed by atoms with E-state index in [2.05, 4.69) is 5.32 Å². The number of hydrogen-bond acceptors (Lipinski definition) is 4. The smallest absolute Gasteiger partial charge is 0.257 e. The largest absolute Gasteiger partial charge is 0.496 e. The maximum atomic E-state index is 12.8. The quantitative estimate of drug-likeness (QED) is 0.819. The molecule has 0 aliphatic carbocycles. The first-order valence-corrected chi connectivity index (χ1v) is 7.64. The molecule has 0 saturated carbocycles. The normalized spacial score (nSPS) is 24.8. The van der Waals surface area contributed by atoms with Crippen molar-refractivity contribution in [2.45, 2.75) is 31.3 Å². The molecule has 1 aromatic rings. The first kappa shape index (κ1) is 14.5. The lowest BCUT2D eigenvalue weighted by Gasteiger charge is -2.25. The molecule has 1 aromatic carbocycles. The van der Waals surface area contributed by atoms with Gasteiger partial charge in [0.15, 0.2) is 0 Å². The van der Waals surface area contributed by atoms with Gasteiger partial charge in [0.1, 0.15) is 5.75 Å². The SMILES string of the molecule is COc1cc(N)c(Cl)cc1C(=O)N1CCC2CCC(C1)N2. The van der Waals surface area contributed by atoms with E-state index >= 15 is 0 Å². The van der Waals surface area contributed by atoms with Crippen molar-refractivity contribution in [3.05, 3.63) is 22.7 Å². The molecule has 2 aliphatic rings. The van der Waals surface area contributed by atoms with Crippen LogP contribution in [0, 0.1) is 0 Å². The number of benzene rings is 1. The van der Waals surface area contributed by atoms with Gasteiger partial charge in [-0.15, -0.1) is 0 Å². The molecule has 1 amide bonds. The van der Waals surface area contributed by atoms with Crippen LogP contribution >= 0.6 is 11.6 Å². The van der Waals surface area contributed by atoms with Crippen LogP contribution in [0.4, 0.5) is 5.69 Å². The van der Waals surface area contributed by atoms with E-state index in [9.17, 15) is 4.79 Å².